The molecule has 2 aliphatic rings. The van der Waals surface area contributed by atoms with Gasteiger partial charge < -0.3 is 28.9 Å². The maximum atomic E-state index is 13.3. The first-order chi connectivity index (χ1) is 20.0. The number of para-hydroxylation sites is 1. The summed E-state index contributed by atoms with van der Waals surface area (Å²) in [5.41, 5.74) is 11.2. The second kappa shape index (κ2) is 10.3. The SMILES string of the molecule is Cn1c(-c2cc3cccc(OCCc4cnco4)c3n2CC2CC2)nc2cc3c(cc21)CCN(C[C@H](N)CF)C3=O. The highest BCUT2D eigenvalue weighted by Gasteiger charge is 2.29. The molecule has 0 bridgehead atoms. The number of alkyl halides is 1. The molecular formula is C31H33FN6O3. The van der Waals surface area contributed by atoms with Gasteiger partial charge in [-0.3, -0.25) is 4.79 Å². The van der Waals surface area contributed by atoms with E-state index in [0.717, 1.165) is 57.1 Å². The van der Waals surface area contributed by atoms with Gasteiger partial charge >= 0.3 is 0 Å². The average molecular weight is 557 g/mol. The van der Waals surface area contributed by atoms with E-state index in [1.807, 2.05) is 25.2 Å². The molecule has 9 nitrogen and oxygen atoms in total. The molecular weight excluding hydrogens is 523 g/mol. The van der Waals surface area contributed by atoms with E-state index in [2.05, 4.69) is 32.3 Å². The standard InChI is InChI=1S/C31H33FN6O3/c1-36-26-11-20-7-9-37(17-22(33)14-32)31(39)24(20)13-25(26)35-30(36)27-12-21-3-2-4-28(29(21)38(27)16-19-5-6-19)40-10-8-23-15-34-18-41-23/h2-4,11-13,15,18-19,22H,5-10,14,16-17,33H2,1H3/t22-/m1/s1. The minimum absolute atomic E-state index is 0.112. The van der Waals surface area contributed by atoms with Crippen molar-refractivity contribution in [3.05, 3.63) is 65.9 Å². The number of nitrogens with two attached hydrogens (primary N) is 1. The molecule has 2 aromatic carbocycles. The van der Waals surface area contributed by atoms with Crippen LogP contribution in [0, 0.1) is 5.92 Å². The van der Waals surface area contributed by atoms with Crippen LogP contribution in [-0.4, -0.2) is 62.3 Å². The van der Waals surface area contributed by atoms with Crippen LogP contribution in [0.2, 0.25) is 0 Å². The van der Waals surface area contributed by atoms with Crippen LogP contribution in [0.5, 0.6) is 5.75 Å². The van der Waals surface area contributed by atoms with Crippen LogP contribution in [0.4, 0.5) is 4.39 Å². The molecule has 0 radical (unpaired) electrons. The number of hydrogen-bond donors (Lipinski definition) is 1. The smallest absolute Gasteiger partial charge is 0.254 e. The minimum atomic E-state index is -0.671. The summed E-state index contributed by atoms with van der Waals surface area (Å²) in [7, 11) is 2.03. The number of halogens is 1. The first kappa shape index (κ1) is 25.8. The van der Waals surface area contributed by atoms with Gasteiger partial charge in [-0.25, -0.2) is 14.4 Å². The average Bonchev–Trinajstić information content (AvgIpc) is 3.35. The van der Waals surface area contributed by atoms with Crippen molar-refractivity contribution < 1.29 is 18.3 Å². The predicted octanol–water partition coefficient (Wildman–Crippen LogP) is 4.51. The van der Waals surface area contributed by atoms with Crippen molar-refractivity contribution in [1.82, 2.24) is 24.0 Å². The topological polar surface area (TPSA) is 104 Å². The van der Waals surface area contributed by atoms with Gasteiger partial charge in [-0.15, -0.1) is 0 Å². The third-order valence-electron chi connectivity index (χ3n) is 8.27. The molecule has 1 aliphatic carbocycles. The zero-order valence-electron chi connectivity index (χ0n) is 23.1. The van der Waals surface area contributed by atoms with Crippen molar-refractivity contribution in [2.24, 2.45) is 18.7 Å². The lowest BCUT2D eigenvalue weighted by Gasteiger charge is -2.30. The minimum Gasteiger partial charge on any atom is -0.491 e. The molecule has 0 spiro atoms. The van der Waals surface area contributed by atoms with Crippen LogP contribution in [0.1, 0.15) is 34.5 Å². The fraction of sp³-hybridized carbons (Fsp3) is 0.387. The molecule has 2 N–H and O–H groups in total. The number of hydrogen-bond acceptors (Lipinski definition) is 6. The third kappa shape index (κ3) is 4.76. The molecule has 1 amide bonds. The second-order valence-electron chi connectivity index (χ2n) is 11.3. The summed E-state index contributed by atoms with van der Waals surface area (Å²) in [6.45, 7) is 1.47. The molecule has 1 aliphatic heterocycles. The summed E-state index contributed by atoms with van der Waals surface area (Å²) in [5, 5.41) is 1.10. The molecule has 4 heterocycles. The number of rotatable bonds is 10. The van der Waals surface area contributed by atoms with Gasteiger partial charge in [0.15, 0.2) is 12.2 Å². The van der Waals surface area contributed by atoms with Crippen molar-refractivity contribution in [2.75, 3.05) is 26.4 Å². The van der Waals surface area contributed by atoms with Gasteiger partial charge in [-0.05, 0) is 55.0 Å². The molecule has 41 heavy (non-hydrogen) atoms. The predicted molar refractivity (Wildman–Crippen MR) is 154 cm³/mol. The number of benzene rings is 2. The van der Waals surface area contributed by atoms with Crippen LogP contribution in [0.25, 0.3) is 33.5 Å². The molecule has 1 saturated carbocycles. The van der Waals surface area contributed by atoms with Crippen molar-refractivity contribution >= 4 is 27.8 Å². The molecule has 212 valence electrons. The summed E-state index contributed by atoms with van der Waals surface area (Å²) >= 11 is 0. The highest BCUT2D eigenvalue weighted by atomic mass is 19.1. The Morgan fingerprint density at radius 1 is 1.24 bits per heavy atom. The largest absolute Gasteiger partial charge is 0.491 e. The number of fused-ring (bicyclic) bond motifs is 3. The number of carbonyl (C=O) groups is 1. The molecule has 0 saturated heterocycles. The number of amides is 1. The zero-order chi connectivity index (χ0) is 28.1. The Labute approximate surface area is 236 Å². The second-order valence-corrected chi connectivity index (χ2v) is 11.3. The monoisotopic (exact) mass is 556 g/mol. The number of aryl methyl sites for hydroxylation is 1. The summed E-state index contributed by atoms with van der Waals surface area (Å²) in [6, 6.07) is 11.6. The van der Waals surface area contributed by atoms with E-state index in [-0.39, 0.29) is 12.5 Å². The van der Waals surface area contributed by atoms with Gasteiger partial charge in [0.25, 0.3) is 5.91 Å². The van der Waals surface area contributed by atoms with Gasteiger partial charge in [-0.2, -0.15) is 0 Å². The number of oxazole rings is 1. The Morgan fingerprint density at radius 3 is 2.90 bits per heavy atom. The van der Waals surface area contributed by atoms with E-state index in [1.165, 1.54) is 19.2 Å². The fourth-order valence-electron chi connectivity index (χ4n) is 5.92. The number of aromatic nitrogens is 4. The van der Waals surface area contributed by atoms with Crippen LogP contribution in [0.3, 0.4) is 0 Å². The molecule has 1 atom stereocenters. The Morgan fingerprint density at radius 2 is 2.12 bits per heavy atom. The van der Waals surface area contributed by atoms with Crippen molar-refractivity contribution in [1.29, 1.82) is 0 Å². The van der Waals surface area contributed by atoms with E-state index in [0.29, 0.717) is 37.5 Å². The molecule has 0 unspecified atom stereocenters. The quantitative estimate of drug-likeness (QED) is 0.272. The Bertz CT molecular complexity index is 1740. The Hall–Kier alpha value is -4.18. The highest BCUT2D eigenvalue weighted by Crippen LogP contribution is 2.39. The first-order valence-corrected chi connectivity index (χ1v) is 14.2. The summed E-state index contributed by atoms with van der Waals surface area (Å²) in [4.78, 5) is 24.0. The Kier molecular flexibility index (Phi) is 6.50. The normalized spacial score (nSPS) is 16.1. The van der Waals surface area contributed by atoms with E-state index in [1.54, 1.807) is 11.1 Å². The van der Waals surface area contributed by atoms with Crippen LogP contribution < -0.4 is 10.5 Å². The fourth-order valence-corrected chi connectivity index (χ4v) is 5.92. The van der Waals surface area contributed by atoms with Crippen LogP contribution >= 0.6 is 0 Å². The lowest BCUT2D eigenvalue weighted by atomic mass is 9.97. The van der Waals surface area contributed by atoms with Crippen LogP contribution in [-0.2, 0) is 26.4 Å². The summed E-state index contributed by atoms with van der Waals surface area (Å²) in [5.74, 6) is 2.99. The third-order valence-corrected chi connectivity index (χ3v) is 8.27. The maximum Gasteiger partial charge on any atom is 0.254 e. The number of imidazole rings is 1. The lowest BCUT2D eigenvalue weighted by molar-refractivity contribution is 0.0725. The molecule has 3 aromatic heterocycles. The highest BCUT2D eigenvalue weighted by molar-refractivity contribution is 6.01. The molecule has 7 rings (SSSR count). The number of carbonyl (C=O) groups excluding carboxylic acids is 1. The van der Waals surface area contributed by atoms with Crippen molar-refractivity contribution in [3.63, 3.8) is 0 Å². The van der Waals surface area contributed by atoms with Gasteiger partial charge in [-0.1, -0.05) is 12.1 Å². The van der Waals surface area contributed by atoms with Crippen molar-refractivity contribution in [3.8, 4) is 17.3 Å². The van der Waals surface area contributed by atoms with Crippen molar-refractivity contribution in [2.45, 2.75) is 38.3 Å². The maximum absolute atomic E-state index is 13.3. The first-order valence-electron chi connectivity index (χ1n) is 14.2. The zero-order valence-corrected chi connectivity index (χ0v) is 23.1. The van der Waals surface area contributed by atoms with E-state index < -0.39 is 12.7 Å². The van der Waals surface area contributed by atoms with Gasteiger partial charge in [0.05, 0.1) is 41.1 Å². The van der Waals surface area contributed by atoms with E-state index in [4.69, 9.17) is 19.9 Å². The number of nitrogens with zero attached hydrogens (tertiary/aromatic N) is 5. The summed E-state index contributed by atoms with van der Waals surface area (Å²) < 4.78 is 29.2. The number of ether oxygens (including phenoxy) is 1. The molecule has 1 fully saturated rings. The van der Waals surface area contributed by atoms with Gasteiger partial charge in [0.1, 0.15) is 18.2 Å². The molecule has 5 aromatic rings. The molecule has 10 heteroatoms. The van der Waals surface area contributed by atoms with Gasteiger partial charge in [0.2, 0.25) is 0 Å². The summed E-state index contributed by atoms with van der Waals surface area (Å²) in [6.07, 6.45) is 6.92. The van der Waals surface area contributed by atoms with Crippen LogP contribution in [0.15, 0.2) is 53.4 Å². The van der Waals surface area contributed by atoms with Gasteiger partial charge in [0, 0.05) is 44.1 Å². The van der Waals surface area contributed by atoms with E-state index in [9.17, 15) is 9.18 Å². The lowest BCUT2D eigenvalue weighted by Crippen LogP contribution is -2.45. The Balaban J connectivity index is 1.27. The van der Waals surface area contributed by atoms with E-state index >= 15 is 0 Å².